The van der Waals surface area contributed by atoms with E-state index in [0.717, 1.165) is 18.1 Å². The van der Waals surface area contributed by atoms with Crippen molar-refractivity contribution in [2.24, 2.45) is 5.73 Å². The van der Waals surface area contributed by atoms with Gasteiger partial charge in [0.2, 0.25) is 0 Å². The Hall–Kier alpha value is 0.190. The third-order valence-electron chi connectivity index (χ3n) is 1.65. The molecule has 5 heteroatoms. The average molecular weight is 251 g/mol. The Morgan fingerprint density at radius 3 is 2.12 bits per heavy atom. The van der Waals surface area contributed by atoms with Crippen molar-refractivity contribution in [2.45, 2.75) is 19.4 Å². The summed E-state index contributed by atoms with van der Waals surface area (Å²) < 4.78 is 15.5. The maximum atomic E-state index is 5.85. The highest BCUT2D eigenvalue weighted by Crippen LogP contribution is 2.08. The number of ether oxygens (including phenoxy) is 3. The van der Waals surface area contributed by atoms with E-state index in [1.807, 2.05) is 25.6 Å². The maximum absolute atomic E-state index is 5.85. The molecule has 0 aliphatic carbocycles. The second kappa shape index (κ2) is 10.4. The van der Waals surface area contributed by atoms with Gasteiger partial charge in [0.15, 0.2) is 0 Å². The van der Waals surface area contributed by atoms with Crippen molar-refractivity contribution in [3.8, 4) is 0 Å². The smallest absolute Gasteiger partial charge is 0.0701 e. The van der Waals surface area contributed by atoms with Crippen LogP contribution in [0.3, 0.4) is 0 Å². The molecule has 0 spiro atoms. The summed E-state index contributed by atoms with van der Waals surface area (Å²) in [4.78, 5) is 0. The van der Waals surface area contributed by atoms with Gasteiger partial charge in [-0.05, 0) is 13.8 Å². The molecule has 0 aromatic carbocycles. The lowest BCUT2D eigenvalue weighted by Gasteiger charge is -2.17. The zero-order valence-corrected chi connectivity index (χ0v) is 11.5. The quantitative estimate of drug-likeness (QED) is 0.558. The molecule has 0 saturated heterocycles. The molecular weight excluding hydrogens is 226 g/mol. The van der Waals surface area contributed by atoms with Crippen LogP contribution in [0.4, 0.5) is 0 Å². The van der Waals surface area contributed by atoms with Crippen molar-refractivity contribution in [3.63, 3.8) is 0 Å². The van der Waals surface area contributed by atoms with Crippen molar-refractivity contribution in [1.82, 2.24) is 0 Å². The van der Waals surface area contributed by atoms with Crippen LogP contribution in [0, 0.1) is 0 Å². The number of hydrogen-bond acceptors (Lipinski definition) is 5. The third kappa shape index (κ3) is 14.2. The van der Waals surface area contributed by atoms with Crippen LogP contribution in [0.5, 0.6) is 0 Å². The number of hydrogen-bond donors (Lipinski definition) is 1. The fourth-order valence-electron chi connectivity index (χ4n) is 0.917. The van der Waals surface area contributed by atoms with Crippen LogP contribution in [-0.4, -0.2) is 57.2 Å². The van der Waals surface area contributed by atoms with E-state index in [1.54, 1.807) is 7.11 Å². The van der Waals surface area contributed by atoms with Crippen LogP contribution in [0.25, 0.3) is 0 Å². The first-order chi connectivity index (χ1) is 7.56. The lowest BCUT2D eigenvalue weighted by molar-refractivity contribution is 0.0286. The molecule has 0 rings (SSSR count). The van der Waals surface area contributed by atoms with Crippen LogP contribution in [-0.2, 0) is 14.2 Å². The zero-order chi connectivity index (χ0) is 12.3. The van der Waals surface area contributed by atoms with Gasteiger partial charge in [-0.2, -0.15) is 11.8 Å². The molecule has 0 aromatic heterocycles. The van der Waals surface area contributed by atoms with E-state index >= 15 is 0 Å². The maximum Gasteiger partial charge on any atom is 0.0701 e. The largest absolute Gasteiger partial charge is 0.382 e. The van der Waals surface area contributed by atoms with Crippen LogP contribution in [0.1, 0.15) is 13.8 Å². The second-order valence-electron chi connectivity index (χ2n) is 4.26. The van der Waals surface area contributed by atoms with Crippen LogP contribution >= 0.6 is 11.8 Å². The van der Waals surface area contributed by atoms with E-state index in [2.05, 4.69) is 0 Å². The predicted molar refractivity (Wildman–Crippen MR) is 69.1 cm³/mol. The monoisotopic (exact) mass is 251 g/mol. The predicted octanol–water partition coefficient (Wildman–Crippen LogP) is 1.14. The molecule has 0 fully saturated rings. The molecule has 0 aliphatic rings. The Labute approximate surface area is 103 Å². The van der Waals surface area contributed by atoms with Crippen molar-refractivity contribution in [1.29, 1.82) is 0 Å². The van der Waals surface area contributed by atoms with Gasteiger partial charge in [-0.15, -0.1) is 0 Å². The average Bonchev–Trinajstić information content (AvgIpc) is 2.19. The summed E-state index contributed by atoms with van der Waals surface area (Å²) in [5.74, 6) is 1.94. The molecule has 98 valence electrons. The molecule has 2 N–H and O–H groups in total. The molecule has 0 unspecified atom stereocenters. The summed E-state index contributed by atoms with van der Waals surface area (Å²) in [6.07, 6.45) is 0. The first-order valence-electron chi connectivity index (χ1n) is 5.57. The molecule has 0 aromatic rings. The van der Waals surface area contributed by atoms with Crippen LogP contribution < -0.4 is 5.73 Å². The minimum absolute atomic E-state index is 0.0894. The fourth-order valence-corrected chi connectivity index (χ4v) is 1.82. The van der Waals surface area contributed by atoms with Gasteiger partial charge in [-0.1, -0.05) is 0 Å². The number of rotatable bonds is 11. The summed E-state index contributed by atoms with van der Waals surface area (Å²) in [6, 6.07) is 0. The lowest BCUT2D eigenvalue weighted by atomic mass is 10.1. The highest BCUT2D eigenvalue weighted by molar-refractivity contribution is 7.99. The van der Waals surface area contributed by atoms with Gasteiger partial charge in [0.1, 0.15) is 0 Å². The lowest BCUT2D eigenvalue weighted by Crippen LogP contribution is -2.34. The van der Waals surface area contributed by atoms with E-state index in [1.165, 1.54) is 0 Å². The minimum Gasteiger partial charge on any atom is -0.382 e. The highest BCUT2D eigenvalue weighted by atomic mass is 32.2. The molecule has 0 radical (unpaired) electrons. The number of nitrogens with two attached hydrogens (primary N) is 1. The third-order valence-corrected chi connectivity index (χ3v) is 3.05. The van der Waals surface area contributed by atoms with Gasteiger partial charge >= 0.3 is 0 Å². The minimum atomic E-state index is -0.0894. The molecule has 0 heterocycles. The van der Waals surface area contributed by atoms with E-state index in [0.29, 0.717) is 26.4 Å². The van der Waals surface area contributed by atoms with E-state index < -0.39 is 0 Å². The summed E-state index contributed by atoms with van der Waals surface area (Å²) in [7, 11) is 1.66. The second-order valence-corrected chi connectivity index (χ2v) is 5.36. The number of methoxy groups -OCH3 is 1. The van der Waals surface area contributed by atoms with E-state index in [9.17, 15) is 0 Å². The summed E-state index contributed by atoms with van der Waals surface area (Å²) in [5, 5.41) is 0. The van der Waals surface area contributed by atoms with Gasteiger partial charge < -0.3 is 19.9 Å². The molecule has 0 bridgehead atoms. The Morgan fingerprint density at radius 1 is 1.00 bits per heavy atom. The normalized spacial score (nSPS) is 12.0. The zero-order valence-electron chi connectivity index (χ0n) is 10.7. The van der Waals surface area contributed by atoms with Crippen molar-refractivity contribution in [2.75, 3.05) is 51.6 Å². The Kier molecular flexibility index (Phi) is 10.5. The van der Waals surface area contributed by atoms with Crippen LogP contribution in [0.15, 0.2) is 0 Å². The topological polar surface area (TPSA) is 53.7 Å². The van der Waals surface area contributed by atoms with Crippen LogP contribution in [0.2, 0.25) is 0 Å². The Morgan fingerprint density at radius 2 is 1.56 bits per heavy atom. The van der Waals surface area contributed by atoms with Gasteiger partial charge in [0.05, 0.1) is 33.0 Å². The Balaban J connectivity index is 2.99. The molecule has 4 nitrogen and oxygen atoms in total. The van der Waals surface area contributed by atoms with Gasteiger partial charge in [0.25, 0.3) is 0 Å². The molecule has 16 heavy (non-hydrogen) atoms. The van der Waals surface area contributed by atoms with E-state index in [4.69, 9.17) is 19.9 Å². The summed E-state index contributed by atoms with van der Waals surface area (Å²) in [5.41, 5.74) is 5.76. The molecule has 0 aliphatic heterocycles. The fraction of sp³-hybridized carbons (Fsp3) is 1.00. The summed E-state index contributed by atoms with van der Waals surface area (Å²) in [6.45, 7) is 7.38. The van der Waals surface area contributed by atoms with Crippen molar-refractivity contribution >= 4 is 11.8 Å². The molecular formula is C11H25NO3S. The Bertz CT molecular complexity index is 151. The summed E-state index contributed by atoms with van der Waals surface area (Å²) >= 11 is 1.82. The first kappa shape index (κ1) is 16.2. The van der Waals surface area contributed by atoms with Gasteiger partial charge in [0, 0.05) is 24.2 Å². The molecule has 0 saturated carbocycles. The van der Waals surface area contributed by atoms with E-state index in [-0.39, 0.29) is 5.54 Å². The standard InChI is InChI=1S/C11H25NO3S/c1-11(2,12)10-16-9-8-15-7-6-14-5-4-13-3/h4-10,12H2,1-3H3. The van der Waals surface area contributed by atoms with Crippen molar-refractivity contribution in [3.05, 3.63) is 0 Å². The molecule has 0 amide bonds. The first-order valence-corrected chi connectivity index (χ1v) is 6.73. The number of thioether (sulfide) groups is 1. The molecule has 0 atom stereocenters. The van der Waals surface area contributed by atoms with Gasteiger partial charge in [-0.3, -0.25) is 0 Å². The van der Waals surface area contributed by atoms with Crippen molar-refractivity contribution < 1.29 is 14.2 Å². The van der Waals surface area contributed by atoms with Gasteiger partial charge in [-0.25, -0.2) is 0 Å². The SMILES string of the molecule is COCCOCCOCCSCC(C)(C)N. The highest BCUT2D eigenvalue weighted by Gasteiger charge is 2.09.